The Balaban J connectivity index is 1.64. The second kappa shape index (κ2) is 12.7. The van der Waals surface area contributed by atoms with Crippen molar-refractivity contribution in [3.63, 3.8) is 0 Å². The molecule has 3 atom stereocenters. The number of hydrogen-bond donors (Lipinski definition) is 4. The standard InChI is InChI=1S/C40H36O7/c1-22(2)9-15-30-38(46)36-33(43)18-17-29(40(36)47-39(30)25-10-12-26(41)13-11-25)32-20-23(3)19-31(28-16-14-27(42)21-34(28)44)35(32)37(45)24-7-5-4-6-8-24/h4-14,16-18,20-21,31-32,35,41-44H,15,19H2,1-3H3. The molecule has 1 aliphatic rings. The van der Waals surface area contributed by atoms with Crippen molar-refractivity contribution in [2.75, 3.05) is 0 Å². The van der Waals surface area contributed by atoms with Crippen molar-refractivity contribution in [3.05, 3.63) is 141 Å². The maximum atomic E-state index is 14.5. The molecule has 0 saturated heterocycles. The van der Waals surface area contributed by atoms with Crippen LogP contribution in [0.5, 0.6) is 23.0 Å². The van der Waals surface area contributed by atoms with E-state index >= 15 is 0 Å². The third kappa shape index (κ3) is 6.04. The maximum Gasteiger partial charge on any atom is 0.200 e. The summed E-state index contributed by atoms with van der Waals surface area (Å²) in [6.07, 6.45) is 4.66. The molecule has 0 saturated carbocycles. The number of aromatic hydroxyl groups is 4. The topological polar surface area (TPSA) is 128 Å². The first kappa shape index (κ1) is 31.4. The molecule has 1 aromatic heterocycles. The molecule has 1 aliphatic carbocycles. The molecular weight excluding hydrogens is 592 g/mol. The first-order valence-electron chi connectivity index (χ1n) is 15.6. The normalized spacial score (nSPS) is 17.7. The van der Waals surface area contributed by atoms with E-state index < -0.39 is 17.8 Å². The van der Waals surface area contributed by atoms with Crippen molar-refractivity contribution in [2.45, 2.75) is 45.4 Å². The summed E-state index contributed by atoms with van der Waals surface area (Å²) in [7, 11) is 0. The molecule has 5 aromatic rings. The van der Waals surface area contributed by atoms with Gasteiger partial charge in [0.05, 0.1) is 0 Å². The van der Waals surface area contributed by atoms with Gasteiger partial charge in [-0.3, -0.25) is 9.59 Å². The average molecular weight is 629 g/mol. The molecule has 238 valence electrons. The van der Waals surface area contributed by atoms with Crippen molar-refractivity contribution < 1.29 is 29.6 Å². The van der Waals surface area contributed by atoms with E-state index in [1.807, 2.05) is 39.0 Å². The van der Waals surface area contributed by atoms with Crippen molar-refractivity contribution in [1.82, 2.24) is 0 Å². The van der Waals surface area contributed by atoms with Crippen LogP contribution in [0.15, 0.2) is 117 Å². The molecule has 47 heavy (non-hydrogen) atoms. The Bertz CT molecular complexity index is 2100. The van der Waals surface area contributed by atoms with E-state index in [1.54, 1.807) is 48.5 Å². The fraction of sp³-hybridized carbons (Fsp3) is 0.200. The number of Topliss-reactive ketones (excluding diaryl/α,β-unsaturated/α-hetero) is 1. The van der Waals surface area contributed by atoms with Gasteiger partial charge in [-0.15, -0.1) is 0 Å². The third-order valence-electron chi connectivity index (χ3n) is 8.95. The number of carbonyl (C=O) groups is 1. The molecule has 0 bridgehead atoms. The number of fused-ring (bicyclic) bond motifs is 1. The van der Waals surface area contributed by atoms with Crippen LogP contribution in [0.3, 0.4) is 0 Å². The molecule has 0 aliphatic heterocycles. The predicted octanol–water partition coefficient (Wildman–Crippen LogP) is 8.51. The van der Waals surface area contributed by atoms with Crippen molar-refractivity contribution in [1.29, 1.82) is 0 Å². The SMILES string of the molecule is CC(C)=CCc1c(-c2ccc(O)cc2)oc2c(C3C=C(C)CC(c4ccc(O)cc4O)C3C(=O)c3ccccc3)ccc(O)c2c1=O. The summed E-state index contributed by atoms with van der Waals surface area (Å²) in [6, 6.07) is 22.9. The van der Waals surface area contributed by atoms with Gasteiger partial charge in [0.2, 0.25) is 5.43 Å². The first-order valence-corrected chi connectivity index (χ1v) is 15.6. The Hall–Kier alpha value is -5.56. The fourth-order valence-electron chi connectivity index (χ4n) is 6.71. The van der Waals surface area contributed by atoms with Crippen LogP contribution in [0.1, 0.15) is 66.1 Å². The molecule has 7 nitrogen and oxygen atoms in total. The molecule has 0 fully saturated rings. The molecule has 1 heterocycles. The Morgan fingerprint density at radius 1 is 0.851 bits per heavy atom. The van der Waals surface area contributed by atoms with E-state index in [9.17, 15) is 30.0 Å². The van der Waals surface area contributed by atoms with E-state index in [0.717, 1.165) is 11.1 Å². The van der Waals surface area contributed by atoms with E-state index in [1.165, 1.54) is 30.3 Å². The van der Waals surface area contributed by atoms with Gasteiger partial charge in [-0.25, -0.2) is 0 Å². The van der Waals surface area contributed by atoms with Gasteiger partial charge in [0, 0.05) is 46.1 Å². The van der Waals surface area contributed by atoms with Crippen LogP contribution in [0.25, 0.3) is 22.3 Å². The van der Waals surface area contributed by atoms with Gasteiger partial charge >= 0.3 is 0 Å². The van der Waals surface area contributed by atoms with Crippen LogP contribution in [0.2, 0.25) is 0 Å². The highest BCUT2D eigenvalue weighted by atomic mass is 16.3. The number of benzene rings is 4. The van der Waals surface area contributed by atoms with E-state index in [2.05, 4.69) is 0 Å². The van der Waals surface area contributed by atoms with Crippen molar-refractivity contribution in [2.24, 2.45) is 5.92 Å². The van der Waals surface area contributed by atoms with Gasteiger partial charge < -0.3 is 24.8 Å². The van der Waals surface area contributed by atoms with Gasteiger partial charge in [0.1, 0.15) is 39.7 Å². The van der Waals surface area contributed by atoms with Crippen LogP contribution in [-0.4, -0.2) is 26.2 Å². The third-order valence-corrected chi connectivity index (χ3v) is 8.95. The molecule has 6 rings (SSSR count). The van der Waals surface area contributed by atoms with E-state index in [0.29, 0.717) is 40.0 Å². The second-order valence-electron chi connectivity index (χ2n) is 12.5. The zero-order chi connectivity index (χ0) is 33.4. The number of phenols is 4. The zero-order valence-corrected chi connectivity index (χ0v) is 26.4. The largest absolute Gasteiger partial charge is 0.508 e. The molecule has 0 spiro atoms. The minimum absolute atomic E-state index is 0.0220. The summed E-state index contributed by atoms with van der Waals surface area (Å²) in [5.74, 6) is -2.06. The average Bonchev–Trinajstić information content (AvgIpc) is 3.04. The van der Waals surface area contributed by atoms with Crippen molar-refractivity contribution in [3.8, 4) is 34.3 Å². The lowest BCUT2D eigenvalue weighted by Crippen LogP contribution is -2.31. The highest BCUT2D eigenvalue weighted by Crippen LogP contribution is 2.50. The summed E-state index contributed by atoms with van der Waals surface area (Å²) in [4.78, 5) is 28.8. The van der Waals surface area contributed by atoms with Crippen LogP contribution in [-0.2, 0) is 6.42 Å². The summed E-state index contributed by atoms with van der Waals surface area (Å²) in [6.45, 7) is 5.82. The highest BCUT2D eigenvalue weighted by molar-refractivity contribution is 6.00. The van der Waals surface area contributed by atoms with Crippen LogP contribution >= 0.6 is 0 Å². The number of carbonyl (C=O) groups excluding carboxylic acids is 1. The number of phenolic OH excluding ortho intramolecular Hbond substituents is 4. The number of ketones is 1. The molecule has 0 amide bonds. The lowest BCUT2D eigenvalue weighted by Gasteiger charge is -2.37. The fourth-order valence-corrected chi connectivity index (χ4v) is 6.71. The van der Waals surface area contributed by atoms with Gasteiger partial charge in [0.25, 0.3) is 0 Å². The lowest BCUT2D eigenvalue weighted by atomic mass is 9.65. The van der Waals surface area contributed by atoms with Gasteiger partial charge in [-0.2, -0.15) is 0 Å². The minimum Gasteiger partial charge on any atom is -0.508 e. The number of hydrogen-bond acceptors (Lipinski definition) is 7. The monoisotopic (exact) mass is 628 g/mol. The van der Waals surface area contributed by atoms with Gasteiger partial charge in [0.15, 0.2) is 5.78 Å². The molecule has 4 N–H and O–H groups in total. The molecule has 7 heteroatoms. The summed E-state index contributed by atoms with van der Waals surface area (Å²) < 4.78 is 6.65. The maximum absolute atomic E-state index is 14.5. The quantitative estimate of drug-likeness (QED) is 0.105. The first-order chi connectivity index (χ1) is 22.5. The Morgan fingerprint density at radius 2 is 1.53 bits per heavy atom. The Labute approximate surface area is 272 Å². The molecule has 3 unspecified atom stereocenters. The predicted molar refractivity (Wildman–Crippen MR) is 182 cm³/mol. The summed E-state index contributed by atoms with van der Waals surface area (Å²) in [5, 5.41) is 42.2. The summed E-state index contributed by atoms with van der Waals surface area (Å²) in [5.41, 5.74) is 4.24. The molecule has 0 radical (unpaired) electrons. The number of rotatable bonds is 7. The van der Waals surface area contributed by atoms with E-state index in [4.69, 9.17) is 4.42 Å². The Morgan fingerprint density at radius 3 is 2.21 bits per heavy atom. The molecular formula is C40H36O7. The minimum atomic E-state index is -0.739. The second-order valence-corrected chi connectivity index (χ2v) is 12.5. The Kier molecular flexibility index (Phi) is 8.48. The van der Waals surface area contributed by atoms with Gasteiger partial charge in [-0.1, -0.05) is 65.8 Å². The van der Waals surface area contributed by atoms with Crippen LogP contribution in [0, 0.1) is 5.92 Å². The van der Waals surface area contributed by atoms with Crippen LogP contribution in [0.4, 0.5) is 0 Å². The van der Waals surface area contributed by atoms with Gasteiger partial charge in [-0.05, 0) is 75.6 Å². The zero-order valence-electron chi connectivity index (χ0n) is 26.4. The number of allylic oxidation sites excluding steroid dienone is 4. The smallest absolute Gasteiger partial charge is 0.200 e. The summed E-state index contributed by atoms with van der Waals surface area (Å²) >= 11 is 0. The van der Waals surface area contributed by atoms with Crippen molar-refractivity contribution >= 4 is 16.8 Å². The van der Waals surface area contributed by atoms with Crippen LogP contribution < -0.4 is 5.43 Å². The molecule has 4 aromatic carbocycles. The highest BCUT2D eigenvalue weighted by Gasteiger charge is 2.42. The lowest BCUT2D eigenvalue weighted by molar-refractivity contribution is 0.0880. The van der Waals surface area contributed by atoms with E-state index in [-0.39, 0.29) is 51.6 Å².